The highest BCUT2D eigenvalue weighted by atomic mass is 16.6. The van der Waals surface area contributed by atoms with Crippen LogP contribution in [0, 0.1) is 0 Å². The average Bonchev–Trinajstić information content (AvgIpc) is 3.27. The van der Waals surface area contributed by atoms with Crippen molar-refractivity contribution in [1.29, 1.82) is 0 Å². The van der Waals surface area contributed by atoms with Crippen molar-refractivity contribution in [3.05, 3.63) is 72.9 Å². The lowest BCUT2D eigenvalue weighted by atomic mass is 10.1. The fourth-order valence-electron chi connectivity index (χ4n) is 7.01. The van der Waals surface area contributed by atoms with E-state index in [1.54, 1.807) is 0 Å². The largest absolute Gasteiger partial charge is 0.462 e. The summed E-state index contributed by atoms with van der Waals surface area (Å²) < 4.78 is 16.8. The topological polar surface area (TPSA) is 78.9 Å². The van der Waals surface area contributed by atoms with Gasteiger partial charge in [-0.2, -0.15) is 0 Å². The van der Waals surface area contributed by atoms with Gasteiger partial charge in [0.1, 0.15) is 13.2 Å². The van der Waals surface area contributed by atoms with Gasteiger partial charge in [-0.25, -0.2) is 0 Å². The number of unbranched alkanes of at least 4 members (excludes halogenated alkanes) is 23. The highest BCUT2D eigenvalue weighted by molar-refractivity contribution is 5.71. The van der Waals surface area contributed by atoms with E-state index in [2.05, 4.69) is 93.7 Å². The molecule has 356 valence electrons. The molecule has 1 atom stereocenters. The SMILES string of the molecule is CC/C=C\C/C=C\C/C=C\CCCCCCCC(=O)OC[C@@H](COC(=O)CCCCCCC/C=C\CCCCCCC)OC(=O)CCCCCCC/C=C\C/C=C\CCCCC. The van der Waals surface area contributed by atoms with E-state index in [0.717, 1.165) is 128 Å². The molecule has 0 aliphatic rings. The first-order valence-electron chi connectivity index (χ1n) is 25.9. The molecule has 0 heterocycles. The lowest BCUT2D eigenvalue weighted by molar-refractivity contribution is -0.167. The second-order valence-corrected chi connectivity index (χ2v) is 17.0. The molecule has 0 aromatic carbocycles. The van der Waals surface area contributed by atoms with Crippen LogP contribution in [-0.2, 0) is 28.6 Å². The van der Waals surface area contributed by atoms with E-state index in [1.807, 2.05) is 0 Å². The Kier molecular flexibility index (Phi) is 47.9. The number of hydrogen-bond donors (Lipinski definition) is 0. The average molecular weight is 865 g/mol. The molecule has 0 saturated carbocycles. The molecule has 62 heavy (non-hydrogen) atoms. The Morgan fingerprint density at radius 2 is 0.629 bits per heavy atom. The second kappa shape index (κ2) is 50.5. The van der Waals surface area contributed by atoms with E-state index >= 15 is 0 Å². The van der Waals surface area contributed by atoms with Gasteiger partial charge in [0.15, 0.2) is 6.10 Å². The van der Waals surface area contributed by atoms with Gasteiger partial charge in [-0.15, -0.1) is 0 Å². The van der Waals surface area contributed by atoms with E-state index in [1.165, 1.54) is 77.0 Å². The monoisotopic (exact) mass is 865 g/mol. The van der Waals surface area contributed by atoms with Crippen LogP contribution < -0.4 is 0 Å². The molecule has 0 bridgehead atoms. The molecule has 0 N–H and O–H groups in total. The van der Waals surface area contributed by atoms with Gasteiger partial charge < -0.3 is 14.2 Å². The number of ether oxygens (including phenoxy) is 3. The van der Waals surface area contributed by atoms with Crippen LogP contribution in [0.3, 0.4) is 0 Å². The molecule has 6 nitrogen and oxygen atoms in total. The first-order chi connectivity index (χ1) is 30.5. The first kappa shape index (κ1) is 58.9. The van der Waals surface area contributed by atoms with Crippen molar-refractivity contribution in [2.24, 2.45) is 0 Å². The molecule has 6 heteroatoms. The van der Waals surface area contributed by atoms with Crippen LogP contribution in [0.5, 0.6) is 0 Å². The van der Waals surface area contributed by atoms with Crippen LogP contribution in [0.15, 0.2) is 72.9 Å². The summed E-state index contributed by atoms with van der Waals surface area (Å²) in [4.78, 5) is 38.0. The Bertz CT molecular complexity index is 1180. The van der Waals surface area contributed by atoms with E-state index in [-0.39, 0.29) is 31.1 Å². The van der Waals surface area contributed by atoms with Crippen molar-refractivity contribution >= 4 is 17.9 Å². The van der Waals surface area contributed by atoms with Gasteiger partial charge in [-0.3, -0.25) is 14.4 Å². The Labute approximate surface area is 382 Å². The molecule has 0 spiro atoms. The highest BCUT2D eigenvalue weighted by Crippen LogP contribution is 2.13. The Morgan fingerprint density at radius 1 is 0.339 bits per heavy atom. The lowest BCUT2D eigenvalue weighted by Gasteiger charge is -2.18. The zero-order chi connectivity index (χ0) is 45.1. The molecule has 0 unspecified atom stereocenters. The van der Waals surface area contributed by atoms with Gasteiger partial charge in [-0.1, -0.05) is 190 Å². The van der Waals surface area contributed by atoms with Gasteiger partial charge in [0, 0.05) is 19.3 Å². The van der Waals surface area contributed by atoms with Gasteiger partial charge in [0.2, 0.25) is 0 Å². The Hall–Kier alpha value is -3.15. The van der Waals surface area contributed by atoms with E-state index in [9.17, 15) is 14.4 Å². The van der Waals surface area contributed by atoms with E-state index in [0.29, 0.717) is 19.3 Å². The summed E-state index contributed by atoms with van der Waals surface area (Å²) in [7, 11) is 0. The zero-order valence-corrected chi connectivity index (χ0v) is 40.6. The minimum absolute atomic E-state index is 0.0913. The van der Waals surface area contributed by atoms with E-state index < -0.39 is 6.10 Å². The van der Waals surface area contributed by atoms with Crippen molar-refractivity contribution in [2.45, 2.75) is 252 Å². The number of rotatable bonds is 46. The summed E-state index contributed by atoms with van der Waals surface area (Å²) in [6.07, 6.45) is 63.1. The van der Waals surface area contributed by atoms with Crippen molar-refractivity contribution in [3.8, 4) is 0 Å². The summed E-state index contributed by atoms with van der Waals surface area (Å²) in [5.41, 5.74) is 0. The molecule has 0 radical (unpaired) electrons. The maximum Gasteiger partial charge on any atom is 0.306 e. The van der Waals surface area contributed by atoms with Gasteiger partial charge in [0.05, 0.1) is 0 Å². The quantitative estimate of drug-likeness (QED) is 0.0262. The second-order valence-electron chi connectivity index (χ2n) is 17.0. The molecule has 0 fully saturated rings. The van der Waals surface area contributed by atoms with Crippen molar-refractivity contribution in [1.82, 2.24) is 0 Å². The standard InChI is InChI=1S/C56H96O6/c1-4-7-10-13-16-19-22-25-28-31-34-37-40-43-46-49-55(58)61-52-53(51-60-54(57)48-45-42-39-36-33-30-27-24-21-18-15-12-9-6-3)62-56(59)50-47-44-41-38-35-32-29-26-23-20-17-14-11-8-5-2/h7,10,16-17,19-20,24-29,53H,4-6,8-9,11-15,18,21-23,30-52H2,1-3H3/b10-7-,19-16-,20-17-,27-24-,28-25-,29-26-/t53-/m1/s1. The number of carbonyl (C=O) groups excluding carboxylic acids is 3. The summed E-state index contributed by atoms with van der Waals surface area (Å²) in [5, 5.41) is 0. The smallest absolute Gasteiger partial charge is 0.306 e. The molecule has 0 aliphatic heterocycles. The molecule has 0 rings (SSSR count). The van der Waals surface area contributed by atoms with Gasteiger partial charge in [0.25, 0.3) is 0 Å². The minimum Gasteiger partial charge on any atom is -0.462 e. The van der Waals surface area contributed by atoms with Crippen LogP contribution in [-0.4, -0.2) is 37.2 Å². The number of allylic oxidation sites excluding steroid dienone is 12. The van der Waals surface area contributed by atoms with Crippen molar-refractivity contribution in [3.63, 3.8) is 0 Å². The fraction of sp³-hybridized carbons (Fsp3) is 0.732. The summed E-state index contributed by atoms with van der Waals surface area (Å²) in [5.74, 6) is -0.929. The summed E-state index contributed by atoms with van der Waals surface area (Å²) >= 11 is 0. The fourth-order valence-corrected chi connectivity index (χ4v) is 7.01. The van der Waals surface area contributed by atoms with Gasteiger partial charge in [-0.05, 0) is 109 Å². The Balaban J connectivity index is 4.45. The summed E-state index contributed by atoms with van der Waals surface area (Å²) in [6.45, 7) is 6.46. The molecule has 0 saturated heterocycles. The minimum atomic E-state index is -0.792. The maximum atomic E-state index is 12.8. The number of hydrogen-bond acceptors (Lipinski definition) is 6. The molecule has 0 aromatic rings. The lowest BCUT2D eigenvalue weighted by Crippen LogP contribution is -2.30. The third kappa shape index (κ3) is 47.9. The van der Waals surface area contributed by atoms with Crippen molar-refractivity contribution < 1.29 is 28.6 Å². The third-order valence-corrected chi connectivity index (χ3v) is 10.9. The number of esters is 3. The molecular formula is C56H96O6. The third-order valence-electron chi connectivity index (χ3n) is 10.9. The van der Waals surface area contributed by atoms with E-state index in [4.69, 9.17) is 14.2 Å². The van der Waals surface area contributed by atoms with Gasteiger partial charge >= 0.3 is 17.9 Å². The van der Waals surface area contributed by atoms with Crippen molar-refractivity contribution in [2.75, 3.05) is 13.2 Å². The van der Waals surface area contributed by atoms with Crippen LogP contribution >= 0.6 is 0 Å². The predicted molar refractivity (Wildman–Crippen MR) is 265 cm³/mol. The zero-order valence-electron chi connectivity index (χ0n) is 40.6. The number of carbonyl (C=O) groups is 3. The molecule has 0 amide bonds. The molecule has 0 aliphatic carbocycles. The van der Waals surface area contributed by atoms with Crippen LogP contribution in [0.1, 0.15) is 245 Å². The molecular weight excluding hydrogens is 769 g/mol. The van der Waals surface area contributed by atoms with Crippen LogP contribution in [0.2, 0.25) is 0 Å². The van der Waals surface area contributed by atoms with Crippen LogP contribution in [0.25, 0.3) is 0 Å². The molecule has 0 aromatic heterocycles. The van der Waals surface area contributed by atoms with Crippen LogP contribution in [0.4, 0.5) is 0 Å². The first-order valence-corrected chi connectivity index (χ1v) is 25.9. The Morgan fingerprint density at radius 3 is 1.03 bits per heavy atom. The predicted octanol–water partition coefficient (Wildman–Crippen LogP) is 17.0. The maximum absolute atomic E-state index is 12.8. The highest BCUT2D eigenvalue weighted by Gasteiger charge is 2.19. The normalized spacial score (nSPS) is 12.6. The summed E-state index contributed by atoms with van der Waals surface area (Å²) in [6, 6.07) is 0.